The van der Waals surface area contributed by atoms with Gasteiger partial charge < -0.3 is 9.47 Å². The highest BCUT2D eigenvalue weighted by molar-refractivity contribution is 7.92. The van der Waals surface area contributed by atoms with E-state index in [1.807, 2.05) is 0 Å². The van der Waals surface area contributed by atoms with Gasteiger partial charge in [-0.05, 0) is 29.2 Å². The predicted octanol–water partition coefficient (Wildman–Crippen LogP) is 1.24. The van der Waals surface area contributed by atoms with Crippen molar-refractivity contribution in [1.82, 2.24) is 9.36 Å². The van der Waals surface area contributed by atoms with Gasteiger partial charge in [-0.2, -0.15) is 4.37 Å². The van der Waals surface area contributed by atoms with Crippen LogP contribution in [0.1, 0.15) is 5.56 Å². The first-order valence-corrected chi connectivity index (χ1v) is 7.46. The van der Waals surface area contributed by atoms with Crippen molar-refractivity contribution >= 4 is 21.4 Å². The fourth-order valence-electron chi connectivity index (χ4n) is 1.61. The van der Waals surface area contributed by atoms with Gasteiger partial charge in [0.2, 0.25) is 21.0 Å². The van der Waals surface area contributed by atoms with E-state index in [0.717, 1.165) is 11.5 Å². The van der Waals surface area contributed by atoms with Crippen molar-refractivity contribution < 1.29 is 17.9 Å². The van der Waals surface area contributed by atoms with E-state index >= 15 is 0 Å². The highest BCUT2D eigenvalue weighted by Crippen LogP contribution is 2.33. The van der Waals surface area contributed by atoms with Crippen molar-refractivity contribution in [2.24, 2.45) is 0 Å². The zero-order valence-corrected chi connectivity index (χ0v) is 10.7. The van der Waals surface area contributed by atoms with E-state index in [2.05, 4.69) is 9.36 Å². The molecule has 1 aromatic heterocycles. The van der Waals surface area contributed by atoms with Gasteiger partial charge in [0.25, 0.3) is 0 Å². The molecule has 0 aliphatic carbocycles. The van der Waals surface area contributed by atoms with Crippen LogP contribution in [0.25, 0.3) is 0 Å². The maximum atomic E-state index is 12.0. The molecule has 0 amide bonds. The molecule has 0 N–H and O–H groups in total. The Kier molecular flexibility index (Phi) is 2.67. The number of nitrogens with zero attached hydrogens (tertiary/aromatic N) is 2. The summed E-state index contributed by atoms with van der Waals surface area (Å²) >= 11 is 0.870. The number of benzene rings is 1. The molecule has 2 aromatic rings. The number of rotatable bonds is 3. The monoisotopic (exact) mass is 284 g/mol. The minimum atomic E-state index is -3.44. The van der Waals surface area contributed by atoms with E-state index in [1.165, 1.54) is 6.33 Å². The SMILES string of the molecule is O=S(=O)(Cc1ccc2c(c1)OCO2)c1ncns1. The zero-order valence-electron chi connectivity index (χ0n) is 9.07. The molecule has 18 heavy (non-hydrogen) atoms. The molecule has 94 valence electrons. The first kappa shape index (κ1) is 11.4. The van der Waals surface area contributed by atoms with E-state index in [-0.39, 0.29) is 16.9 Å². The van der Waals surface area contributed by atoms with Gasteiger partial charge in [0.1, 0.15) is 6.33 Å². The van der Waals surface area contributed by atoms with Crippen LogP contribution in [0.2, 0.25) is 0 Å². The number of hydrogen-bond donors (Lipinski definition) is 0. The summed E-state index contributed by atoms with van der Waals surface area (Å²) in [5.74, 6) is 1.07. The standard InChI is InChI=1S/C10H8N2O4S2/c13-18(14,10-11-5-12-17-10)4-7-1-2-8-9(3-7)16-6-15-8/h1-3,5H,4,6H2. The van der Waals surface area contributed by atoms with Crippen LogP contribution in [0.3, 0.4) is 0 Å². The van der Waals surface area contributed by atoms with Crippen molar-refractivity contribution in [3.05, 3.63) is 30.1 Å². The molecule has 0 saturated carbocycles. The second-order valence-electron chi connectivity index (χ2n) is 3.65. The summed E-state index contributed by atoms with van der Waals surface area (Å²) in [6.45, 7) is 0.169. The zero-order chi connectivity index (χ0) is 12.6. The lowest BCUT2D eigenvalue weighted by molar-refractivity contribution is 0.174. The lowest BCUT2D eigenvalue weighted by Crippen LogP contribution is -2.04. The van der Waals surface area contributed by atoms with Gasteiger partial charge in [0.15, 0.2) is 11.5 Å². The van der Waals surface area contributed by atoms with Crippen molar-refractivity contribution in [2.45, 2.75) is 10.1 Å². The van der Waals surface area contributed by atoms with Crippen LogP contribution in [0, 0.1) is 0 Å². The third-order valence-electron chi connectivity index (χ3n) is 2.40. The Hall–Kier alpha value is -1.67. The fourth-order valence-corrected chi connectivity index (χ4v) is 3.60. The highest BCUT2D eigenvalue weighted by atomic mass is 32.2. The van der Waals surface area contributed by atoms with Crippen LogP contribution in [-0.4, -0.2) is 24.6 Å². The number of aromatic nitrogens is 2. The average Bonchev–Trinajstić information content (AvgIpc) is 2.99. The van der Waals surface area contributed by atoms with Gasteiger partial charge in [0, 0.05) is 0 Å². The average molecular weight is 284 g/mol. The summed E-state index contributed by atoms with van der Waals surface area (Å²) in [6, 6.07) is 5.07. The second kappa shape index (κ2) is 4.21. The summed E-state index contributed by atoms with van der Waals surface area (Å²) in [4.78, 5) is 3.72. The van der Waals surface area contributed by atoms with Gasteiger partial charge >= 0.3 is 0 Å². The predicted molar refractivity (Wildman–Crippen MR) is 63.4 cm³/mol. The lowest BCUT2D eigenvalue weighted by Gasteiger charge is -2.02. The van der Waals surface area contributed by atoms with Crippen LogP contribution in [0.4, 0.5) is 0 Å². The molecule has 1 aromatic carbocycles. The molecular weight excluding hydrogens is 276 g/mol. The van der Waals surface area contributed by atoms with Gasteiger partial charge in [-0.15, -0.1) is 0 Å². The maximum Gasteiger partial charge on any atom is 0.231 e. The Balaban J connectivity index is 1.89. The summed E-state index contributed by atoms with van der Waals surface area (Å²) in [5, 5.41) is 0. The van der Waals surface area contributed by atoms with Crippen LogP contribution >= 0.6 is 11.5 Å². The normalized spacial score (nSPS) is 13.8. The molecule has 1 aliphatic rings. The maximum absolute atomic E-state index is 12.0. The summed E-state index contributed by atoms with van der Waals surface area (Å²) < 4.78 is 38.1. The molecule has 0 fully saturated rings. The molecule has 0 bridgehead atoms. The van der Waals surface area contributed by atoms with Crippen molar-refractivity contribution in [1.29, 1.82) is 0 Å². The Morgan fingerprint density at radius 2 is 2.11 bits per heavy atom. The van der Waals surface area contributed by atoms with Gasteiger partial charge in [-0.25, -0.2) is 13.4 Å². The van der Waals surface area contributed by atoms with Gasteiger partial charge in [0.05, 0.1) is 5.75 Å². The van der Waals surface area contributed by atoms with Crippen LogP contribution in [0.15, 0.2) is 28.9 Å². The fraction of sp³-hybridized carbons (Fsp3) is 0.200. The molecular formula is C10H8N2O4S2. The quantitative estimate of drug-likeness (QED) is 0.844. The molecule has 0 atom stereocenters. The van der Waals surface area contributed by atoms with E-state index in [4.69, 9.17) is 9.47 Å². The second-order valence-corrected chi connectivity index (χ2v) is 6.60. The van der Waals surface area contributed by atoms with Crippen molar-refractivity contribution in [2.75, 3.05) is 6.79 Å². The minimum Gasteiger partial charge on any atom is -0.454 e. The molecule has 6 nitrogen and oxygen atoms in total. The summed E-state index contributed by atoms with van der Waals surface area (Å²) in [7, 11) is -3.44. The lowest BCUT2D eigenvalue weighted by atomic mass is 10.2. The molecule has 0 saturated heterocycles. The molecule has 3 rings (SSSR count). The van der Waals surface area contributed by atoms with Crippen molar-refractivity contribution in [3.8, 4) is 11.5 Å². The topological polar surface area (TPSA) is 78.4 Å². The van der Waals surface area contributed by atoms with E-state index in [0.29, 0.717) is 17.1 Å². The number of hydrogen-bond acceptors (Lipinski definition) is 7. The van der Waals surface area contributed by atoms with Crippen LogP contribution in [-0.2, 0) is 15.6 Å². The summed E-state index contributed by atoms with van der Waals surface area (Å²) in [6.07, 6.45) is 1.23. The minimum absolute atomic E-state index is 0.0279. The molecule has 0 spiro atoms. The number of sulfone groups is 1. The molecule has 1 aliphatic heterocycles. The van der Waals surface area contributed by atoms with E-state index < -0.39 is 9.84 Å². The third-order valence-corrected chi connectivity index (χ3v) is 5.20. The molecule has 2 heterocycles. The Labute approximate surface area is 107 Å². The number of fused-ring (bicyclic) bond motifs is 1. The Morgan fingerprint density at radius 3 is 2.89 bits per heavy atom. The van der Waals surface area contributed by atoms with Gasteiger partial charge in [-0.3, -0.25) is 0 Å². The first-order valence-electron chi connectivity index (χ1n) is 5.03. The molecule has 8 heteroatoms. The molecule has 0 unspecified atom stereocenters. The molecule has 0 radical (unpaired) electrons. The Morgan fingerprint density at radius 1 is 1.28 bits per heavy atom. The summed E-state index contributed by atoms with van der Waals surface area (Å²) in [5.41, 5.74) is 0.634. The smallest absolute Gasteiger partial charge is 0.231 e. The number of ether oxygens (including phenoxy) is 2. The van der Waals surface area contributed by atoms with Crippen molar-refractivity contribution in [3.63, 3.8) is 0 Å². The first-order chi connectivity index (χ1) is 8.65. The van der Waals surface area contributed by atoms with Crippen LogP contribution < -0.4 is 9.47 Å². The highest BCUT2D eigenvalue weighted by Gasteiger charge is 2.21. The third kappa shape index (κ3) is 2.04. The Bertz CT molecular complexity index is 667. The van der Waals surface area contributed by atoms with Crippen LogP contribution in [0.5, 0.6) is 11.5 Å². The van der Waals surface area contributed by atoms with E-state index in [9.17, 15) is 8.42 Å². The van der Waals surface area contributed by atoms with Gasteiger partial charge in [-0.1, -0.05) is 6.07 Å². The largest absolute Gasteiger partial charge is 0.454 e. The van der Waals surface area contributed by atoms with E-state index in [1.54, 1.807) is 18.2 Å².